The van der Waals surface area contributed by atoms with Gasteiger partial charge in [-0.15, -0.1) is 0 Å². The number of hydrogen-bond acceptors (Lipinski definition) is 4. The van der Waals surface area contributed by atoms with Crippen molar-refractivity contribution in [2.24, 2.45) is 0 Å². The molecular weight excluding hydrogens is 343 g/mol. The molecule has 0 bridgehead atoms. The molecule has 5 rings (SSSR count). The van der Waals surface area contributed by atoms with Gasteiger partial charge < -0.3 is 9.80 Å². The molecule has 3 heterocycles. The van der Waals surface area contributed by atoms with Crippen molar-refractivity contribution >= 4 is 22.6 Å². The molecule has 1 aliphatic carbocycles. The largest absolute Gasteiger partial charge is 0.350 e. The number of hydrogen-bond donors (Lipinski definition) is 0. The van der Waals surface area contributed by atoms with Crippen LogP contribution in [0.2, 0.25) is 0 Å². The molecular formula is C21H25FN4O. The van der Waals surface area contributed by atoms with Gasteiger partial charge in [-0.05, 0) is 57.1 Å². The molecule has 2 aliphatic heterocycles. The quantitative estimate of drug-likeness (QED) is 0.814. The maximum absolute atomic E-state index is 14.3. The number of aromatic nitrogens is 2. The number of benzene rings is 1. The predicted octanol–water partition coefficient (Wildman–Crippen LogP) is 3.48. The van der Waals surface area contributed by atoms with Crippen molar-refractivity contribution in [3.8, 4) is 0 Å². The molecule has 1 spiro atoms. The van der Waals surface area contributed by atoms with E-state index in [1.54, 1.807) is 11.2 Å². The van der Waals surface area contributed by atoms with Gasteiger partial charge in [-0.1, -0.05) is 12.1 Å². The summed E-state index contributed by atoms with van der Waals surface area (Å²) >= 11 is 0. The number of likely N-dealkylation sites (tertiary alicyclic amines) is 1. The van der Waals surface area contributed by atoms with Crippen molar-refractivity contribution in [2.45, 2.75) is 56.2 Å². The maximum Gasteiger partial charge on any atom is 0.260 e. The molecule has 1 atom stereocenters. The number of halogens is 1. The lowest BCUT2D eigenvalue weighted by atomic mass is 9.87. The average molecular weight is 368 g/mol. The van der Waals surface area contributed by atoms with E-state index in [0.717, 1.165) is 55.4 Å². The van der Waals surface area contributed by atoms with Crippen LogP contribution in [-0.2, 0) is 4.79 Å². The number of amides is 1. The van der Waals surface area contributed by atoms with Gasteiger partial charge in [0.2, 0.25) is 0 Å². The van der Waals surface area contributed by atoms with Crippen molar-refractivity contribution in [1.82, 2.24) is 14.9 Å². The fourth-order valence-electron chi connectivity index (χ4n) is 4.98. The molecule has 2 saturated heterocycles. The van der Waals surface area contributed by atoms with Gasteiger partial charge in [-0.25, -0.2) is 14.4 Å². The zero-order valence-corrected chi connectivity index (χ0v) is 15.5. The Kier molecular flexibility index (Phi) is 3.85. The monoisotopic (exact) mass is 368 g/mol. The summed E-state index contributed by atoms with van der Waals surface area (Å²) in [5.41, 5.74) is -0.586. The number of carbonyl (C=O) groups excluding carboxylic acids is 1. The second-order valence-electron chi connectivity index (χ2n) is 8.31. The van der Waals surface area contributed by atoms with Gasteiger partial charge in [0.1, 0.15) is 12.1 Å². The molecule has 27 heavy (non-hydrogen) atoms. The van der Waals surface area contributed by atoms with E-state index in [0.29, 0.717) is 25.9 Å². The number of alkyl halides is 1. The topological polar surface area (TPSA) is 49.3 Å². The number of anilines is 1. The zero-order chi connectivity index (χ0) is 18.5. The van der Waals surface area contributed by atoms with Crippen LogP contribution >= 0.6 is 0 Å². The number of carbonyl (C=O) groups is 1. The highest BCUT2D eigenvalue weighted by molar-refractivity contribution is 5.90. The SMILES string of the molecule is O=C(N1CCC[C@]2(CCCN2c2ncnc3ccccc23)CC1)C1(F)CC1. The normalized spacial score (nSPS) is 27.1. The molecule has 0 unspecified atom stereocenters. The number of rotatable bonds is 2. The van der Waals surface area contributed by atoms with E-state index < -0.39 is 5.67 Å². The molecule has 1 amide bonds. The minimum Gasteiger partial charge on any atom is -0.350 e. The molecule has 1 saturated carbocycles. The van der Waals surface area contributed by atoms with Crippen LogP contribution < -0.4 is 4.90 Å². The van der Waals surface area contributed by atoms with E-state index in [9.17, 15) is 9.18 Å². The fourth-order valence-corrected chi connectivity index (χ4v) is 4.98. The molecule has 5 nitrogen and oxygen atoms in total. The van der Waals surface area contributed by atoms with Crippen LogP contribution in [0.25, 0.3) is 10.9 Å². The van der Waals surface area contributed by atoms with Crippen LogP contribution in [-0.4, -0.2) is 51.6 Å². The molecule has 6 heteroatoms. The molecule has 2 aromatic rings. The van der Waals surface area contributed by atoms with Crippen molar-refractivity contribution in [3.05, 3.63) is 30.6 Å². The van der Waals surface area contributed by atoms with Crippen LogP contribution in [0.4, 0.5) is 10.2 Å². The van der Waals surface area contributed by atoms with Crippen LogP contribution in [0, 0.1) is 0 Å². The van der Waals surface area contributed by atoms with E-state index >= 15 is 0 Å². The molecule has 0 N–H and O–H groups in total. The van der Waals surface area contributed by atoms with E-state index in [2.05, 4.69) is 20.9 Å². The first kappa shape index (κ1) is 16.9. The van der Waals surface area contributed by atoms with Gasteiger partial charge in [-0.3, -0.25) is 4.79 Å². The summed E-state index contributed by atoms with van der Waals surface area (Å²) < 4.78 is 14.3. The highest BCUT2D eigenvalue weighted by Crippen LogP contribution is 2.45. The Balaban J connectivity index is 1.44. The van der Waals surface area contributed by atoms with Crippen LogP contribution in [0.15, 0.2) is 30.6 Å². The first-order valence-corrected chi connectivity index (χ1v) is 10.1. The molecule has 0 radical (unpaired) electrons. The lowest BCUT2D eigenvalue weighted by molar-refractivity contribution is -0.138. The smallest absolute Gasteiger partial charge is 0.260 e. The highest BCUT2D eigenvalue weighted by Gasteiger charge is 2.53. The molecule has 1 aromatic heterocycles. The van der Waals surface area contributed by atoms with Gasteiger partial charge in [0, 0.05) is 30.6 Å². The summed E-state index contributed by atoms with van der Waals surface area (Å²) in [5.74, 6) is 0.721. The highest BCUT2D eigenvalue weighted by atomic mass is 19.1. The summed E-state index contributed by atoms with van der Waals surface area (Å²) in [6.45, 7) is 2.29. The number of para-hydroxylation sites is 1. The second-order valence-corrected chi connectivity index (χ2v) is 8.31. The minimum absolute atomic E-state index is 0.0131. The maximum atomic E-state index is 14.3. The lowest BCUT2D eigenvalue weighted by Gasteiger charge is -2.39. The molecule has 142 valence electrons. The van der Waals surface area contributed by atoms with Gasteiger partial charge in [0.15, 0.2) is 5.67 Å². The van der Waals surface area contributed by atoms with Crippen molar-refractivity contribution in [3.63, 3.8) is 0 Å². The van der Waals surface area contributed by atoms with E-state index in [1.165, 1.54) is 0 Å². The third-order valence-electron chi connectivity index (χ3n) is 6.65. The Morgan fingerprint density at radius 1 is 0.963 bits per heavy atom. The van der Waals surface area contributed by atoms with Gasteiger partial charge in [-0.2, -0.15) is 0 Å². The van der Waals surface area contributed by atoms with E-state index in [1.807, 2.05) is 18.2 Å². The van der Waals surface area contributed by atoms with E-state index in [-0.39, 0.29) is 11.4 Å². The Labute approximate surface area is 158 Å². The second kappa shape index (κ2) is 6.14. The van der Waals surface area contributed by atoms with E-state index in [4.69, 9.17) is 0 Å². The Morgan fingerprint density at radius 2 is 1.74 bits per heavy atom. The zero-order valence-electron chi connectivity index (χ0n) is 15.5. The van der Waals surface area contributed by atoms with Gasteiger partial charge in [0.05, 0.1) is 5.52 Å². The molecule has 3 aliphatic rings. The summed E-state index contributed by atoms with van der Waals surface area (Å²) in [6, 6.07) is 8.14. The third kappa shape index (κ3) is 2.77. The minimum atomic E-state index is -1.56. The molecule has 3 fully saturated rings. The van der Waals surface area contributed by atoms with Crippen molar-refractivity contribution in [2.75, 3.05) is 24.5 Å². The van der Waals surface area contributed by atoms with Crippen molar-refractivity contribution < 1.29 is 9.18 Å². The fraction of sp³-hybridized carbons (Fsp3) is 0.571. The first-order valence-electron chi connectivity index (χ1n) is 10.1. The summed E-state index contributed by atoms with van der Waals surface area (Å²) in [6.07, 6.45) is 7.49. The Morgan fingerprint density at radius 3 is 2.56 bits per heavy atom. The first-order chi connectivity index (χ1) is 13.1. The number of nitrogens with zero attached hydrogens (tertiary/aromatic N) is 4. The van der Waals surface area contributed by atoms with Crippen LogP contribution in [0.3, 0.4) is 0 Å². The Hall–Kier alpha value is -2.24. The third-order valence-corrected chi connectivity index (χ3v) is 6.65. The number of fused-ring (bicyclic) bond motifs is 1. The Bertz CT molecular complexity index is 878. The lowest BCUT2D eigenvalue weighted by Crippen LogP contribution is -2.46. The molecule has 1 aromatic carbocycles. The predicted molar refractivity (Wildman–Crippen MR) is 102 cm³/mol. The summed E-state index contributed by atoms with van der Waals surface area (Å²) in [5, 5.41) is 1.08. The van der Waals surface area contributed by atoms with Crippen molar-refractivity contribution in [1.29, 1.82) is 0 Å². The summed E-state index contributed by atoms with van der Waals surface area (Å²) in [4.78, 5) is 25.8. The van der Waals surface area contributed by atoms with Crippen LogP contribution in [0.5, 0.6) is 0 Å². The van der Waals surface area contributed by atoms with Gasteiger partial charge >= 0.3 is 0 Å². The summed E-state index contributed by atoms with van der Waals surface area (Å²) in [7, 11) is 0. The standard InChI is InChI=1S/C21H25FN4O/c22-21(9-10-21)19(27)25-12-3-7-20(11-14-25)8-4-13-26(20)18-16-5-1-2-6-17(16)23-15-24-18/h1-2,5-6,15H,3-4,7-14H2/t20-/m0/s1. The van der Waals surface area contributed by atoms with Gasteiger partial charge in [0.25, 0.3) is 5.91 Å². The van der Waals surface area contributed by atoms with Crippen LogP contribution in [0.1, 0.15) is 44.9 Å². The average Bonchev–Trinajstić information content (AvgIpc) is 3.37.